The number of rotatable bonds is 5. The highest BCUT2D eigenvalue weighted by Crippen LogP contribution is 2.16. The first-order valence-corrected chi connectivity index (χ1v) is 8.02. The Kier molecular flexibility index (Phi) is 4.91. The van der Waals surface area contributed by atoms with E-state index in [1.807, 2.05) is 43.3 Å². The number of hydrogen-bond acceptors (Lipinski definition) is 3. The smallest absolute Gasteiger partial charge is 0.251 e. The van der Waals surface area contributed by atoms with Crippen LogP contribution in [0, 0.1) is 6.92 Å². The van der Waals surface area contributed by atoms with Crippen molar-refractivity contribution in [2.24, 2.45) is 0 Å². The van der Waals surface area contributed by atoms with Gasteiger partial charge in [0.25, 0.3) is 5.91 Å². The summed E-state index contributed by atoms with van der Waals surface area (Å²) in [5.74, 6) is -0.146. The van der Waals surface area contributed by atoms with Crippen LogP contribution in [-0.4, -0.2) is 27.4 Å². The molecule has 1 amide bonds. The monoisotopic (exact) mass is 340 g/mol. The molecule has 0 unspecified atom stereocenters. The van der Waals surface area contributed by atoms with Crippen molar-refractivity contribution in [3.8, 4) is 5.69 Å². The van der Waals surface area contributed by atoms with Crippen molar-refractivity contribution in [2.75, 3.05) is 6.54 Å². The van der Waals surface area contributed by atoms with Gasteiger partial charge in [0.2, 0.25) is 0 Å². The van der Waals surface area contributed by atoms with E-state index in [0.717, 1.165) is 16.9 Å². The van der Waals surface area contributed by atoms with E-state index >= 15 is 0 Å². The van der Waals surface area contributed by atoms with Gasteiger partial charge in [-0.2, -0.15) is 15.0 Å². The molecule has 0 aliphatic heterocycles. The summed E-state index contributed by atoms with van der Waals surface area (Å²) in [6.45, 7) is 2.39. The molecule has 0 aliphatic rings. The normalized spacial score (nSPS) is 10.6. The summed E-state index contributed by atoms with van der Waals surface area (Å²) in [7, 11) is 0. The molecule has 3 aromatic rings. The highest BCUT2D eigenvalue weighted by Gasteiger charge is 2.08. The predicted molar refractivity (Wildman–Crippen MR) is 93.6 cm³/mol. The number of carbonyl (C=O) groups excluding carboxylic acids is 1. The molecule has 0 aliphatic carbocycles. The lowest BCUT2D eigenvalue weighted by Crippen LogP contribution is -2.25. The summed E-state index contributed by atoms with van der Waals surface area (Å²) in [5, 5.41) is 12.1. The number of aryl methyl sites for hydroxylation is 1. The Morgan fingerprint density at radius 2 is 2.00 bits per heavy atom. The fraction of sp³-hybridized carbons (Fsp3) is 0.167. The molecule has 1 N–H and O–H groups in total. The Bertz CT molecular complexity index is 845. The minimum atomic E-state index is -0.146. The first-order valence-electron chi connectivity index (χ1n) is 7.64. The van der Waals surface area contributed by atoms with E-state index in [0.29, 0.717) is 23.6 Å². The summed E-state index contributed by atoms with van der Waals surface area (Å²) < 4.78 is 0. The quantitative estimate of drug-likeness (QED) is 0.776. The van der Waals surface area contributed by atoms with Crippen LogP contribution in [-0.2, 0) is 6.42 Å². The minimum absolute atomic E-state index is 0.146. The molecule has 0 spiro atoms. The molecule has 2 aromatic carbocycles. The van der Waals surface area contributed by atoms with Crippen LogP contribution in [0.1, 0.15) is 21.6 Å². The molecule has 1 heterocycles. The Labute approximate surface area is 145 Å². The highest BCUT2D eigenvalue weighted by molar-refractivity contribution is 6.31. The van der Waals surface area contributed by atoms with Gasteiger partial charge in [-0.1, -0.05) is 35.9 Å². The third-order valence-electron chi connectivity index (χ3n) is 3.63. The third-order valence-corrected chi connectivity index (χ3v) is 4.03. The van der Waals surface area contributed by atoms with Crippen molar-refractivity contribution >= 4 is 17.5 Å². The maximum absolute atomic E-state index is 12.1. The van der Waals surface area contributed by atoms with Crippen molar-refractivity contribution in [2.45, 2.75) is 13.3 Å². The fourth-order valence-corrected chi connectivity index (χ4v) is 2.42. The first-order chi connectivity index (χ1) is 11.6. The largest absolute Gasteiger partial charge is 0.352 e. The van der Waals surface area contributed by atoms with E-state index in [1.54, 1.807) is 23.1 Å². The topological polar surface area (TPSA) is 59.8 Å². The van der Waals surface area contributed by atoms with Crippen LogP contribution in [0.2, 0.25) is 5.02 Å². The second-order valence-electron chi connectivity index (χ2n) is 5.43. The maximum atomic E-state index is 12.1. The Hall–Kier alpha value is -2.66. The molecule has 6 heteroatoms. The van der Waals surface area contributed by atoms with Crippen LogP contribution in [0.25, 0.3) is 5.69 Å². The number of hydrogen-bond donors (Lipinski definition) is 1. The summed E-state index contributed by atoms with van der Waals surface area (Å²) in [4.78, 5) is 13.7. The third kappa shape index (κ3) is 3.81. The number of benzene rings is 2. The van der Waals surface area contributed by atoms with Crippen LogP contribution in [0.4, 0.5) is 0 Å². The highest BCUT2D eigenvalue weighted by atomic mass is 35.5. The zero-order chi connectivity index (χ0) is 16.9. The van der Waals surface area contributed by atoms with E-state index in [2.05, 4.69) is 15.5 Å². The van der Waals surface area contributed by atoms with E-state index in [4.69, 9.17) is 11.6 Å². The van der Waals surface area contributed by atoms with E-state index in [1.165, 1.54) is 0 Å². The number of nitrogens with zero attached hydrogens (tertiary/aromatic N) is 3. The van der Waals surface area contributed by atoms with Crippen molar-refractivity contribution in [1.29, 1.82) is 0 Å². The number of aromatic nitrogens is 3. The van der Waals surface area contributed by atoms with Crippen molar-refractivity contribution in [1.82, 2.24) is 20.3 Å². The molecule has 0 bridgehead atoms. The van der Waals surface area contributed by atoms with Gasteiger partial charge in [-0.3, -0.25) is 4.79 Å². The molecule has 0 saturated heterocycles. The molecule has 0 atom stereocenters. The van der Waals surface area contributed by atoms with Gasteiger partial charge < -0.3 is 5.32 Å². The lowest BCUT2D eigenvalue weighted by Gasteiger charge is -2.05. The summed E-state index contributed by atoms with van der Waals surface area (Å²) in [6, 6.07) is 15.0. The number of para-hydroxylation sites is 1. The molecule has 0 fully saturated rings. The molecular formula is C18H17ClN4O. The number of carbonyl (C=O) groups is 1. The van der Waals surface area contributed by atoms with Gasteiger partial charge in [0.1, 0.15) is 0 Å². The number of nitrogens with one attached hydrogen (secondary N) is 1. The second-order valence-corrected chi connectivity index (χ2v) is 5.84. The average Bonchev–Trinajstić information content (AvgIpc) is 3.07. The fourth-order valence-electron chi connectivity index (χ4n) is 2.24. The Balaban J connectivity index is 1.56. The van der Waals surface area contributed by atoms with Crippen molar-refractivity contribution in [3.63, 3.8) is 0 Å². The first kappa shape index (κ1) is 16.2. The zero-order valence-electron chi connectivity index (χ0n) is 13.2. The van der Waals surface area contributed by atoms with E-state index in [-0.39, 0.29) is 5.91 Å². The van der Waals surface area contributed by atoms with Crippen LogP contribution >= 0.6 is 11.6 Å². The van der Waals surface area contributed by atoms with Crippen LogP contribution in [0.3, 0.4) is 0 Å². The van der Waals surface area contributed by atoms with Gasteiger partial charge in [0.05, 0.1) is 17.6 Å². The van der Waals surface area contributed by atoms with Gasteiger partial charge >= 0.3 is 0 Å². The lowest BCUT2D eigenvalue weighted by molar-refractivity contribution is 0.0954. The SMILES string of the molecule is Cc1ccc(C(=O)NCCc2cnn(-c3ccccc3)n2)cc1Cl. The molecule has 0 saturated carbocycles. The van der Waals surface area contributed by atoms with Gasteiger partial charge in [0, 0.05) is 23.6 Å². The predicted octanol–water partition coefficient (Wildman–Crippen LogP) is 3.20. The maximum Gasteiger partial charge on any atom is 0.251 e. The Morgan fingerprint density at radius 3 is 2.75 bits per heavy atom. The summed E-state index contributed by atoms with van der Waals surface area (Å²) in [5.41, 5.74) is 3.23. The Morgan fingerprint density at radius 1 is 1.21 bits per heavy atom. The summed E-state index contributed by atoms with van der Waals surface area (Å²) in [6.07, 6.45) is 2.32. The van der Waals surface area contributed by atoms with Crippen LogP contribution in [0.5, 0.6) is 0 Å². The van der Waals surface area contributed by atoms with Gasteiger partial charge in [-0.05, 0) is 36.8 Å². The van der Waals surface area contributed by atoms with E-state index in [9.17, 15) is 4.79 Å². The van der Waals surface area contributed by atoms with Crippen LogP contribution in [0.15, 0.2) is 54.7 Å². The van der Waals surface area contributed by atoms with Crippen molar-refractivity contribution in [3.05, 3.63) is 76.6 Å². The second kappa shape index (κ2) is 7.27. The molecule has 24 heavy (non-hydrogen) atoms. The average molecular weight is 341 g/mol. The molecule has 0 radical (unpaired) electrons. The number of amides is 1. The standard InChI is InChI=1S/C18H17ClN4O/c1-13-7-8-14(11-17(13)19)18(24)20-10-9-15-12-21-23(22-15)16-5-3-2-4-6-16/h2-8,11-12H,9-10H2,1H3,(H,20,24). The number of halogens is 1. The molecule has 5 nitrogen and oxygen atoms in total. The lowest BCUT2D eigenvalue weighted by atomic mass is 10.1. The van der Waals surface area contributed by atoms with Crippen molar-refractivity contribution < 1.29 is 4.79 Å². The molecule has 3 rings (SSSR count). The minimum Gasteiger partial charge on any atom is -0.352 e. The van der Waals surface area contributed by atoms with Gasteiger partial charge in [0.15, 0.2) is 0 Å². The molecular weight excluding hydrogens is 324 g/mol. The summed E-state index contributed by atoms with van der Waals surface area (Å²) >= 11 is 6.05. The van der Waals surface area contributed by atoms with Crippen LogP contribution < -0.4 is 5.32 Å². The zero-order valence-corrected chi connectivity index (χ0v) is 14.0. The van der Waals surface area contributed by atoms with Gasteiger partial charge in [-0.15, -0.1) is 0 Å². The van der Waals surface area contributed by atoms with E-state index < -0.39 is 0 Å². The molecule has 122 valence electrons. The van der Waals surface area contributed by atoms with Gasteiger partial charge in [-0.25, -0.2) is 0 Å². The molecule has 1 aromatic heterocycles.